The van der Waals surface area contributed by atoms with Gasteiger partial charge in [0.05, 0.1) is 5.54 Å². The summed E-state index contributed by atoms with van der Waals surface area (Å²) in [6.07, 6.45) is 13.1. The van der Waals surface area contributed by atoms with Crippen molar-refractivity contribution in [1.82, 2.24) is 5.32 Å². The van der Waals surface area contributed by atoms with E-state index in [2.05, 4.69) is 5.32 Å². The Morgan fingerprint density at radius 2 is 1.79 bits per heavy atom. The normalized spacial score (nSPS) is 22.2. The van der Waals surface area contributed by atoms with Gasteiger partial charge in [-0.15, -0.1) is 12.4 Å². The van der Waals surface area contributed by atoms with Gasteiger partial charge in [-0.1, -0.05) is 38.5 Å². The molecular weight excluding hydrogens is 260 g/mol. The van der Waals surface area contributed by atoms with E-state index in [9.17, 15) is 4.79 Å². The molecule has 2 aliphatic rings. The lowest BCUT2D eigenvalue weighted by atomic mass is 9.96. The van der Waals surface area contributed by atoms with Gasteiger partial charge in [0.2, 0.25) is 5.91 Å². The minimum Gasteiger partial charge on any atom is -0.349 e. The third-order valence-electron chi connectivity index (χ3n) is 4.85. The second kappa shape index (κ2) is 8.11. The molecule has 112 valence electrons. The first kappa shape index (κ1) is 16.8. The van der Waals surface area contributed by atoms with Crippen molar-refractivity contribution >= 4 is 18.3 Å². The summed E-state index contributed by atoms with van der Waals surface area (Å²) >= 11 is 0. The molecule has 0 unspecified atom stereocenters. The second-order valence-corrected chi connectivity index (χ2v) is 6.28. The Kier molecular flexibility index (Phi) is 7.16. The summed E-state index contributed by atoms with van der Waals surface area (Å²) in [5, 5.41) is 3.20. The van der Waals surface area contributed by atoms with Gasteiger partial charge in [-0.3, -0.25) is 4.79 Å². The Bertz CT molecular complexity index is 271. The average molecular weight is 289 g/mol. The Labute approximate surface area is 123 Å². The van der Waals surface area contributed by atoms with E-state index >= 15 is 0 Å². The molecule has 2 rings (SSSR count). The monoisotopic (exact) mass is 288 g/mol. The van der Waals surface area contributed by atoms with Crippen LogP contribution in [0.3, 0.4) is 0 Å². The van der Waals surface area contributed by atoms with Crippen molar-refractivity contribution in [2.75, 3.05) is 6.54 Å². The molecule has 2 fully saturated rings. The van der Waals surface area contributed by atoms with Crippen LogP contribution < -0.4 is 11.1 Å². The third-order valence-corrected chi connectivity index (χ3v) is 4.85. The minimum atomic E-state index is -0.0650. The number of amides is 1. The van der Waals surface area contributed by atoms with Gasteiger partial charge in [0, 0.05) is 13.0 Å². The van der Waals surface area contributed by atoms with Crippen molar-refractivity contribution in [3.8, 4) is 0 Å². The van der Waals surface area contributed by atoms with Crippen molar-refractivity contribution in [1.29, 1.82) is 0 Å². The van der Waals surface area contributed by atoms with Crippen LogP contribution in [-0.4, -0.2) is 18.0 Å². The lowest BCUT2D eigenvalue weighted by Gasteiger charge is -2.28. The van der Waals surface area contributed by atoms with Crippen molar-refractivity contribution in [3.63, 3.8) is 0 Å². The first-order valence-electron chi connectivity index (χ1n) is 7.75. The van der Waals surface area contributed by atoms with Crippen LogP contribution in [0.15, 0.2) is 0 Å². The molecule has 0 saturated heterocycles. The number of carbonyl (C=O) groups excluding carboxylic acids is 1. The summed E-state index contributed by atoms with van der Waals surface area (Å²) in [6, 6.07) is 0. The topological polar surface area (TPSA) is 55.1 Å². The third kappa shape index (κ3) is 4.96. The van der Waals surface area contributed by atoms with Crippen LogP contribution in [0.2, 0.25) is 0 Å². The van der Waals surface area contributed by atoms with Gasteiger partial charge in [-0.25, -0.2) is 0 Å². The molecule has 19 heavy (non-hydrogen) atoms. The van der Waals surface area contributed by atoms with Gasteiger partial charge in [0.25, 0.3) is 0 Å². The number of rotatable bonds is 6. The zero-order chi connectivity index (χ0) is 12.8. The first-order valence-corrected chi connectivity index (χ1v) is 7.75. The number of hydrogen-bond donors (Lipinski definition) is 2. The van der Waals surface area contributed by atoms with E-state index in [0.717, 1.165) is 25.2 Å². The maximum absolute atomic E-state index is 12.0. The van der Waals surface area contributed by atoms with Crippen LogP contribution >= 0.6 is 12.4 Å². The SMILES string of the molecule is Cl.NCC1(NC(=O)CCCC2CCCC2)CCCC1. The largest absolute Gasteiger partial charge is 0.349 e. The van der Waals surface area contributed by atoms with Crippen LogP contribution in [0.4, 0.5) is 0 Å². The zero-order valence-electron chi connectivity index (χ0n) is 12.0. The molecule has 3 N–H and O–H groups in total. The molecule has 1 amide bonds. The molecule has 3 nitrogen and oxygen atoms in total. The van der Waals surface area contributed by atoms with E-state index in [0.29, 0.717) is 13.0 Å². The molecule has 0 atom stereocenters. The van der Waals surface area contributed by atoms with Crippen LogP contribution in [0.25, 0.3) is 0 Å². The highest BCUT2D eigenvalue weighted by atomic mass is 35.5. The van der Waals surface area contributed by atoms with Crippen molar-refractivity contribution in [2.45, 2.75) is 76.2 Å². The maximum Gasteiger partial charge on any atom is 0.220 e. The molecule has 0 bridgehead atoms. The standard InChI is InChI=1S/C15H28N2O.ClH/c16-12-15(10-3-4-11-15)17-14(18)9-5-8-13-6-1-2-7-13;/h13H,1-12,16H2,(H,17,18);1H. The van der Waals surface area contributed by atoms with Gasteiger partial charge in [-0.05, 0) is 31.6 Å². The van der Waals surface area contributed by atoms with Crippen LogP contribution in [0.5, 0.6) is 0 Å². The Balaban J connectivity index is 0.00000180. The highest BCUT2D eigenvalue weighted by Gasteiger charge is 2.33. The van der Waals surface area contributed by atoms with Crippen LogP contribution in [0.1, 0.15) is 70.6 Å². The summed E-state index contributed by atoms with van der Waals surface area (Å²) in [5.74, 6) is 1.12. The Morgan fingerprint density at radius 3 is 2.37 bits per heavy atom. The van der Waals surface area contributed by atoms with Gasteiger partial charge >= 0.3 is 0 Å². The van der Waals surface area contributed by atoms with Gasteiger partial charge in [0.15, 0.2) is 0 Å². The summed E-state index contributed by atoms with van der Waals surface area (Å²) in [5.41, 5.74) is 5.77. The van der Waals surface area contributed by atoms with Gasteiger partial charge in [-0.2, -0.15) is 0 Å². The van der Waals surface area contributed by atoms with Crippen LogP contribution in [0, 0.1) is 5.92 Å². The van der Waals surface area contributed by atoms with Crippen LogP contribution in [-0.2, 0) is 4.79 Å². The van der Waals surface area contributed by atoms with E-state index in [4.69, 9.17) is 5.73 Å². The molecule has 0 heterocycles. The van der Waals surface area contributed by atoms with Gasteiger partial charge in [0.1, 0.15) is 0 Å². The molecule has 2 aliphatic carbocycles. The first-order chi connectivity index (χ1) is 8.74. The quantitative estimate of drug-likeness (QED) is 0.789. The van der Waals surface area contributed by atoms with E-state index in [1.54, 1.807) is 0 Å². The molecule has 0 spiro atoms. The smallest absolute Gasteiger partial charge is 0.220 e. The number of halogens is 1. The van der Waals surface area contributed by atoms with E-state index in [1.165, 1.54) is 44.9 Å². The summed E-state index contributed by atoms with van der Waals surface area (Å²) in [7, 11) is 0. The number of nitrogens with one attached hydrogen (secondary N) is 1. The van der Waals surface area contributed by atoms with E-state index in [-0.39, 0.29) is 23.9 Å². The maximum atomic E-state index is 12.0. The fourth-order valence-electron chi connectivity index (χ4n) is 3.64. The fraction of sp³-hybridized carbons (Fsp3) is 0.933. The lowest BCUT2D eigenvalue weighted by Crippen LogP contribution is -2.51. The molecule has 0 aliphatic heterocycles. The number of carbonyl (C=O) groups is 1. The lowest BCUT2D eigenvalue weighted by molar-refractivity contribution is -0.123. The van der Waals surface area contributed by atoms with Gasteiger partial charge < -0.3 is 11.1 Å². The molecule has 4 heteroatoms. The molecule has 0 aromatic heterocycles. The molecule has 0 aromatic carbocycles. The Hall–Kier alpha value is -0.280. The fourth-order valence-corrected chi connectivity index (χ4v) is 3.64. The minimum absolute atomic E-state index is 0. The molecule has 0 aromatic rings. The molecular formula is C15H29ClN2O. The van der Waals surface area contributed by atoms with Crippen molar-refractivity contribution in [3.05, 3.63) is 0 Å². The predicted molar refractivity (Wildman–Crippen MR) is 81.5 cm³/mol. The summed E-state index contributed by atoms with van der Waals surface area (Å²) in [6.45, 7) is 0.599. The second-order valence-electron chi connectivity index (χ2n) is 6.28. The molecule has 2 saturated carbocycles. The highest BCUT2D eigenvalue weighted by Crippen LogP contribution is 2.30. The molecule has 0 radical (unpaired) electrons. The average Bonchev–Trinajstić information content (AvgIpc) is 3.01. The predicted octanol–water partition coefficient (Wildman–Crippen LogP) is 3.16. The number of hydrogen-bond acceptors (Lipinski definition) is 2. The number of nitrogens with two attached hydrogens (primary N) is 1. The van der Waals surface area contributed by atoms with E-state index < -0.39 is 0 Å². The summed E-state index contributed by atoms with van der Waals surface area (Å²) in [4.78, 5) is 12.0. The highest BCUT2D eigenvalue weighted by molar-refractivity contribution is 5.85. The Morgan fingerprint density at radius 1 is 1.16 bits per heavy atom. The van der Waals surface area contributed by atoms with Crippen molar-refractivity contribution < 1.29 is 4.79 Å². The van der Waals surface area contributed by atoms with E-state index in [1.807, 2.05) is 0 Å². The zero-order valence-corrected chi connectivity index (χ0v) is 12.8. The summed E-state index contributed by atoms with van der Waals surface area (Å²) < 4.78 is 0. The van der Waals surface area contributed by atoms with Crippen molar-refractivity contribution in [2.24, 2.45) is 11.7 Å².